The molecular formula is C30H19N3S. The number of para-hydroxylation sites is 1. The summed E-state index contributed by atoms with van der Waals surface area (Å²) in [6, 6.07) is 37.8. The van der Waals surface area contributed by atoms with E-state index < -0.39 is 0 Å². The SMILES string of the molecule is c1ccc(-c2nc3ccc(-n4c5ccccc5c5ccsc54)cc3nc2-c2ccccc2)cc1. The highest BCUT2D eigenvalue weighted by molar-refractivity contribution is 7.17. The summed E-state index contributed by atoms with van der Waals surface area (Å²) in [4.78, 5) is 11.5. The van der Waals surface area contributed by atoms with E-state index in [0.29, 0.717) is 0 Å². The van der Waals surface area contributed by atoms with Crippen molar-refractivity contribution in [3.8, 4) is 28.2 Å². The molecule has 0 aliphatic carbocycles. The van der Waals surface area contributed by atoms with Crippen molar-refractivity contribution >= 4 is 43.5 Å². The number of benzene rings is 4. The van der Waals surface area contributed by atoms with Gasteiger partial charge in [-0.15, -0.1) is 11.3 Å². The first-order valence-electron chi connectivity index (χ1n) is 11.3. The lowest BCUT2D eigenvalue weighted by Crippen LogP contribution is -1.98. The topological polar surface area (TPSA) is 30.7 Å². The second-order valence-electron chi connectivity index (χ2n) is 8.32. The van der Waals surface area contributed by atoms with Crippen LogP contribution >= 0.6 is 11.3 Å². The fourth-order valence-corrected chi connectivity index (χ4v) is 5.67. The zero-order valence-corrected chi connectivity index (χ0v) is 19.0. The highest BCUT2D eigenvalue weighted by Gasteiger charge is 2.16. The molecule has 0 amide bonds. The predicted octanol–water partition coefficient (Wildman–Crippen LogP) is 8.12. The molecule has 0 fully saturated rings. The van der Waals surface area contributed by atoms with Crippen LogP contribution in [0.5, 0.6) is 0 Å². The lowest BCUT2D eigenvalue weighted by Gasteiger charge is -2.12. The van der Waals surface area contributed by atoms with Crippen LogP contribution in [0.25, 0.3) is 60.4 Å². The number of thiophene rings is 1. The number of rotatable bonds is 3. The zero-order valence-electron chi connectivity index (χ0n) is 18.2. The van der Waals surface area contributed by atoms with Crippen LogP contribution in [0, 0.1) is 0 Å². The van der Waals surface area contributed by atoms with Crippen LogP contribution in [0.15, 0.2) is 115 Å². The molecule has 3 nitrogen and oxygen atoms in total. The summed E-state index contributed by atoms with van der Waals surface area (Å²) in [5.41, 5.74) is 8.02. The maximum Gasteiger partial charge on any atom is 0.108 e. The summed E-state index contributed by atoms with van der Waals surface area (Å²) in [5.74, 6) is 0. The molecule has 7 aromatic rings. The van der Waals surface area contributed by atoms with E-state index in [-0.39, 0.29) is 0 Å². The normalized spacial score (nSPS) is 11.5. The van der Waals surface area contributed by atoms with Gasteiger partial charge in [-0.25, -0.2) is 9.97 Å². The summed E-state index contributed by atoms with van der Waals surface area (Å²) in [6.45, 7) is 0. The molecule has 160 valence electrons. The van der Waals surface area contributed by atoms with Crippen molar-refractivity contribution in [3.05, 3.63) is 115 Å². The molecule has 0 unspecified atom stereocenters. The van der Waals surface area contributed by atoms with Crippen LogP contribution < -0.4 is 0 Å². The number of hydrogen-bond donors (Lipinski definition) is 0. The van der Waals surface area contributed by atoms with Gasteiger partial charge in [-0.05, 0) is 35.7 Å². The minimum absolute atomic E-state index is 0.888. The minimum atomic E-state index is 0.888. The van der Waals surface area contributed by atoms with E-state index in [1.165, 1.54) is 21.1 Å². The summed E-state index contributed by atoms with van der Waals surface area (Å²) in [5, 5.41) is 4.72. The highest BCUT2D eigenvalue weighted by Crippen LogP contribution is 2.36. The van der Waals surface area contributed by atoms with Crippen molar-refractivity contribution in [1.29, 1.82) is 0 Å². The molecule has 0 aliphatic heterocycles. The molecule has 7 rings (SSSR count). The molecule has 0 saturated heterocycles. The van der Waals surface area contributed by atoms with Crippen molar-refractivity contribution in [2.45, 2.75) is 0 Å². The molecule has 4 aromatic carbocycles. The van der Waals surface area contributed by atoms with Crippen molar-refractivity contribution < 1.29 is 0 Å². The second-order valence-corrected chi connectivity index (χ2v) is 9.21. The molecule has 0 bridgehead atoms. The van der Waals surface area contributed by atoms with Gasteiger partial charge in [0.15, 0.2) is 0 Å². The standard InChI is InChI=1S/C30H19N3S/c1-3-9-20(10-4-1)28-29(21-11-5-2-6-12-21)32-26-19-22(15-16-25(26)31-28)33-27-14-8-7-13-23(27)24-17-18-34-30(24)33/h1-19H. The summed E-state index contributed by atoms with van der Waals surface area (Å²) < 4.78 is 2.34. The van der Waals surface area contributed by atoms with E-state index in [4.69, 9.17) is 9.97 Å². The van der Waals surface area contributed by atoms with Gasteiger partial charge >= 0.3 is 0 Å². The Kier molecular flexibility index (Phi) is 4.32. The number of fused-ring (bicyclic) bond motifs is 4. The molecule has 0 saturated carbocycles. The zero-order chi connectivity index (χ0) is 22.5. The number of nitrogens with zero attached hydrogens (tertiary/aromatic N) is 3. The first kappa shape index (κ1) is 19.2. The van der Waals surface area contributed by atoms with Gasteiger partial charge in [0.25, 0.3) is 0 Å². The third-order valence-electron chi connectivity index (χ3n) is 6.28. The third-order valence-corrected chi connectivity index (χ3v) is 7.18. The number of aromatic nitrogens is 3. The van der Waals surface area contributed by atoms with Crippen LogP contribution in [0.4, 0.5) is 0 Å². The van der Waals surface area contributed by atoms with Crippen LogP contribution in [0.2, 0.25) is 0 Å². The van der Waals surface area contributed by atoms with E-state index in [2.05, 4.69) is 82.7 Å². The largest absolute Gasteiger partial charge is 0.301 e. The van der Waals surface area contributed by atoms with Gasteiger partial charge in [0.1, 0.15) is 4.83 Å². The highest BCUT2D eigenvalue weighted by atomic mass is 32.1. The number of hydrogen-bond acceptors (Lipinski definition) is 3. The predicted molar refractivity (Wildman–Crippen MR) is 143 cm³/mol. The Morgan fingerprint density at radius 2 is 1.21 bits per heavy atom. The average Bonchev–Trinajstić information content (AvgIpc) is 3.50. The molecule has 4 heteroatoms. The average molecular weight is 454 g/mol. The van der Waals surface area contributed by atoms with Gasteiger partial charge in [0.2, 0.25) is 0 Å². The molecule has 0 radical (unpaired) electrons. The van der Waals surface area contributed by atoms with Gasteiger partial charge in [-0.3, -0.25) is 0 Å². The van der Waals surface area contributed by atoms with Gasteiger partial charge < -0.3 is 4.57 Å². The summed E-state index contributed by atoms with van der Waals surface area (Å²) in [6.07, 6.45) is 0. The molecule has 0 N–H and O–H groups in total. The Morgan fingerprint density at radius 3 is 1.94 bits per heavy atom. The van der Waals surface area contributed by atoms with E-state index >= 15 is 0 Å². The molecule has 0 aliphatic rings. The molecule has 0 atom stereocenters. The van der Waals surface area contributed by atoms with E-state index in [9.17, 15) is 0 Å². The van der Waals surface area contributed by atoms with Crippen molar-refractivity contribution in [2.75, 3.05) is 0 Å². The monoisotopic (exact) mass is 453 g/mol. The molecular weight excluding hydrogens is 434 g/mol. The minimum Gasteiger partial charge on any atom is -0.301 e. The van der Waals surface area contributed by atoms with E-state index in [1.807, 2.05) is 36.4 Å². The van der Waals surface area contributed by atoms with E-state index in [0.717, 1.165) is 39.2 Å². The van der Waals surface area contributed by atoms with Crippen molar-refractivity contribution in [2.24, 2.45) is 0 Å². The van der Waals surface area contributed by atoms with Crippen LogP contribution in [0.3, 0.4) is 0 Å². The lowest BCUT2D eigenvalue weighted by molar-refractivity contribution is 1.19. The van der Waals surface area contributed by atoms with Crippen LogP contribution in [0.1, 0.15) is 0 Å². The van der Waals surface area contributed by atoms with Gasteiger partial charge in [-0.2, -0.15) is 0 Å². The molecule has 3 heterocycles. The van der Waals surface area contributed by atoms with Gasteiger partial charge in [-0.1, -0.05) is 78.9 Å². The second kappa shape index (κ2) is 7.65. The smallest absolute Gasteiger partial charge is 0.108 e. The van der Waals surface area contributed by atoms with Gasteiger partial charge in [0, 0.05) is 27.6 Å². The van der Waals surface area contributed by atoms with E-state index in [1.54, 1.807) is 11.3 Å². The molecule has 34 heavy (non-hydrogen) atoms. The Morgan fingerprint density at radius 1 is 0.559 bits per heavy atom. The maximum absolute atomic E-state index is 5.17. The quantitative estimate of drug-likeness (QED) is 0.270. The molecule has 3 aromatic heterocycles. The summed E-state index contributed by atoms with van der Waals surface area (Å²) >= 11 is 1.77. The van der Waals surface area contributed by atoms with Gasteiger partial charge in [0.05, 0.1) is 27.9 Å². The van der Waals surface area contributed by atoms with Crippen LogP contribution in [-0.4, -0.2) is 14.5 Å². The maximum atomic E-state index is 5.17. The Bertz CT molecular complexity index is 1800. The van der Waals surface area contributed by atoms with Crippen LogP contribution in [-0.2, 0) is 0 Å². The molecule has 0 spiro atoms. The Hall–Kier alpha value is -4.28. The Labute approximate surface area is 200 Å². The summed E-state index contributed by atoms with van der Waals surface area (Å²) in [7, 11) is 0. The van der Waals surface area contributed by atoms with Crippen molar-refractivity contribution in [1.82, 2.24) is 14.5 Å². The fraction of sp³-hybridized carbons (Fsp3) is 0. The van der Waals surface area contributed by atoms with Crippen molar-refractivity contribution in [3.63, 3.8) is 0 Å². The third kappa shape index (κ3) is 2.96. The lowest BCUT2D eigenvalue weighted by atomic mass is 10.0. The fourth-order valence-electron chi connectivity index (χ4n) is 4.72. The first-order chi connectivity index (χ1) is 16.9. The Balaban J connectivity index is 1.50. The first-order valence-corrected chi connectivity index (χ1v) is 12.1.